The average molecular weight is 251 g/mol. The predicted molar refractivity (Wildman–Crippen MR) is 70.3 cm³/mol. The molecule has 0 aromatic carbocycles. The molecule has 100 valence electrons. The van der Waals surface area contributed by atoms with E-state index in [-0.39, 0.29) is 5.56 Å². The zero-order chi connectivity index (χ0) is 13.3. The van der Waals surface area contributed by atoms with Crippen LogP contribution in [0.15, 0.2) is 4.79 Å². The molecule has 2 rings (SSSR count). The average Bonchev–Trinajstić information content (AvgIpc) is 2.37. The number of anilines is 1. The van der Waals surface area contributed by atoms with Gasteiger partial charge in [0.1, 0.15) is 17.2 Å². The summed E-state index contributed by atoms with van der Waals surface area (Å²) in [6.07, 6.45) is 3.89. The van der Waals surface area contributed by atoms with Crippen LogP contribution in [0.1, 0.15) is 44.0 Å². The van der Waals surface area contributed by atoms with Gasteiger partial charge in [-0.15, -0.1) is 0 Å². The Morgan fingerprint density at radius 1 is 1.44 bits per heavy atom. The lowest BCUT2D eigenvalue weighted by molar-refractivity contribution is -0.0598. The van der Waals surface area contributed by atoms with Crippen LogP contribution < -0.4 is 11.3 Å². The van der Waals surface area contributed by atoms with Gasteiger partial charge < -0.3 is 15.5 Å². The number of aromatic nitrogens is 2. The van der Waals surface area contributed by atoms with Crippen molar-refractivity contribution in [2.75, 3.05) is 12.8 Å². The third-order valence-corrected chi connectivity index (χ3v) is 4.09. The lowest BCUT2D eigenvalue weighted by atomic mass is 9.79. The molecule has 1 aliphatic rings. The molecule has 0 spiro atoms. The molecular formula is C13H21N3O2. The largest absolute Gasteiger partial charge is 0.383 e. The van der Waals surface area contributed by atoms with E-state index in [4.69, 9.17) is 10.5 Å². The highest BCUT2D eigenvalue weighted by atomic mass is 16.5. The Balaban J connectivity index is 2.42. The van der Waals surface area contributed by atoms with Gasteiger partial charge in [-0.2, -0.15) is 0 Å². The first-order valence-corrected chi connectivity index (χ1v) is 6.40. The molecule has 1 saturated carbocycles. The van der Waals surface area contributed by atoms with Crippen LogP contribution in [0.4, 0.5) is 5.82 Å². The molecule has 0 amide bonds. The highest BCUT2D eigenvalue weighted by Gasteiger charge is 2.38. The summed E-state index contributed by atoms with van der Waals surface area (Å²) in [5.74, 6) is 1.57. The topological polar surface area (TPSA) is 81.0 Å². The molecule has 3 N–H and O–H groups in total. The van der Waals surface area contributed by atoms with Crippen LogP contribution in [-0.4, -0.2) is 17.1 Å². The van der Waals surface area contributed by atoms with Crippen molar-refractivity contribution in [1.82, 2.24) is 9.97 Å². The Labute approximate surface area is 107 Å². The van der Waals surface area contributed by atoms with E-state index in [2.05, 4.69) is 16.9 Å². The highest BCUT2D eigenvalue weighted by Crippen LogP contribution is 2.40. The summed E-state index contributed by atoms with van der Waals surface area (Å²) in [6.45, 7) is 3.91. The number of rotatable bonds is 2. The van der Waals surface area contributed by atoms with E-state index in [1.54, 1.807) is 14.0 Å². The van der Waals surface area contributed by atoms with E-state index in [1.165, 1.54) is 0 Å². The second-order valence-electron chi connectivity index (χ2n) is 5.31. The maximum atomic E-state index is 11.8. The number of methoxy groups -OCH3 is 1. The van der Waals surface area contributed by atoms with E-state index in [0.717, 1.165) is 25.7 Å². The molecule has 1 fully saturated rings. The van der Waals surface area contributed by atoms with Crippen molar-refractivity contribution in [2.45, 2.75) is 45.1 Å². The predicted octanol–water partition coefficient (Wildman–Crippen LogP) is 1.71. The molecule has 1 aromatic rings. The normalized spacial score (nSPS) is 28.3. The number of ether oxygens (including phenoxy) is 1. The number of nitrogens with zero attached hydrogens (tertiary/aromatic N) is 1. The number of H-pyrrole nitrogens is 1. The van der Waals surface area contributed by atoms with E-state index in [0.29, 0.717) is 23.1 Å². The fourth-order valence-corrected chi connectivity index (χ4v) is 2.53. The Morgan fingerprint density at radius 3 is 2.56 bits per heavy atom. The van der Waals surface area contributed by atoms with Crippen molar-refractivity contribution in [3.05, 3.63) is 21.7 Å². The van der Waals surface area contributed by atoms with Crippen LogP contribution in [0.25, 0.3) is 0 Å². The first-order valence-electron chi connectivity index (χ1n) is 6.40. The SMILES string of the molecule is COC1(c2nc(N)c(C)c(=O)[nH]2)CCC(C)CC1. The van der Waals surface area contributed by atoms with Crippen LogP contribution in [0, 0.1) is 12.8 Å². The van der Waals surface area contributed by atoms with Gasteiger partial charge >= 0.3 is 0 Å². The smallest absolute Gasteiger partial charge is 0.255 e. The summed E-state index contributed by atoms with van der Waals surface area (Å²) < 4.78 is 5.67. The molecule has 0 atom stereocenters. The van der Waals surface area contributed by atoms with Gasteiger partial charge in [-0.3, -0.25) is 4.79 Å². The van der Waals surface area contributed by atoms with Crippen LogP contribution in [0.2, 0.25) is 0 Å². The molecule has 0 radical (unpaired) electrons. The molecule has 1 aliphatic carbocycles. The van der Waals surface area contributed by atoms with Gasteiger partial charge in [-0.05, 0) is 38.5 Å². The summed E-state index contributed by atoms with van der Waals surface area (Å²) in [7, 11) is 1.67. The number of hydrogen-bond acceptors (Lipinski definition) is 4. The monoisotopic (exact) mass is 251 g/mol. The summed E-state index contributed by atoms with van der Waals surface area (Å²) in [5, 5.41) is 0. The lowest BCUT2D eigenvalue weighted by Gasteiger charge is -2.37. The van der Waals surface area contributed by atoms with E-state index >= 15 is 0 Å². The summed E-state index contributed by atoms with van der Waals surface area (Å²) in [6, 6.07) is 0. The van der Waals surface area contributed by atoms with Gasteiger partial charge in [-0.1, -0.05) is 6.92 Å². The molecular weight excluding hydrogens is 230 g/mol. The van der Waals surface area contributed by atoms with Crippen molar-refractivity contribution < 1.29 is 4.74 Å². The van der Waals surface area contributed by atoms with Crippen LogP contribution in [-0.2, 0) is 10.3 Å². The van der Waals surface area contributed by atoms with Crippen LogP contribution in [0.5, 0.6) is 0 Å². The van der Waals surface area contributed by atoms with Gasteiger partial charge in [-0.25, -0.2) is 4.98 Å². The quantitative estimate of drug-likeness (QED) is 0.838. The second kappa shape index (κ2) is 4.72. The maximum Gasteiger partial charge on any atom is 0.255 e. The molecule has 1 aromatic heterocycles. The molecule has 5 nitrogen and oxygen atoms in total. The standard InChI is InChI=1S/C13H21N3O2/c1-8-4-6-13(18-3,7-5-8)12-15-10(14)9(2)11(17)16-12/h8H,4-7H2,1-3H3,(H3,14,15,16,17). The molecule has 1 heterocycles. The molecule has 0 bridgehead atoms. The number of aromatic amines is 1. The zero-order valence-electron chi connectivity index (χ0n) is 11.2. The number of hydrogen-bond donors (Lipinski definition) is 2. The van der Waals surface area contributed by atoms with E-state index in [1.807, 2.05) is 0 Å². The third kappa shape index (κ3) is 2.14. The van der Waals surface area contributed by atoms with E-state index in [9.17, 15) is 4.79 Å². The Bertz CT molecular complexity index is 487. The van der Waals surface area contributed by atoms with Crippen LogP contribution in [0.3, 0.4) is 0 Å². The Kier molecular flexibility index (Phi) is 3.43. The van der Waals surface area contributed by atoms with Crippen LogP contribution >= 0.6 is 0 Å². The molecule has 0 unspecified atom stereocenters. The Morgan fingerprint density at radius 2 is 2.06 bits per heavy atom. The summed E-state index contributed by atoms with van der Waals surface area (Å²) in [4.78, 5) is 18.9. The van der Waals surface area contributed by atoms with Crippen molar-refractivity contribution in [2.24, 2.45) is 5.92 Å². The number of nitrogens with two attached hydrogens (primary N) is 1. The highest BCUT2D eigenvalue weighted by molar-refractivity contribution is 5.37. The minimum Gasteiger partial charge on any atom is -0.383 e. The van der Waals surface area contributed by atoms with Gasteiger partial charge in [0, 0.05) is 7.11 Å². The fraction of sp³-hybridized carbons (Fsp3) is 0.692. The maximum absolute atomic E-state index is 11.8. The minimum atomic E-state index is -0.479. The summed E-state index contributed by atoms with van der Waals surface area (Å²) in [5.41, 5.74) is 5.60. The number of nitrogens with one attached hydrogen (secondary N) is 1. The fourth-order valence-electron chi connectivity index (χ4n) is 2.53. The van der Waals surface area contributed by atoms with Crippen molar-refractivity contribution in [3.8, 4) is 0 Å². The van der Waals surface area contributed by atoms with Crippen molar-refractivity contribution in [1.29, 1.82) is 0 Å². The van der Waals surface area contributed by atoms with Crippen molar-refractivity contribution >= 4 is 5.82 Å². The van der Waals surface area contributed by atoms with Gasteiger partial charge in [0.25, 0.3) is 5.56 Å². The first-order chi connectivity index (χ1) is 8.48. The Hall–Kier alpha value is -1.36. The van der Waals surface area contributed by atoms with E-state index < -0.39 is 5.60 Å². The zero-order valence-corrected chi connectivity index (χ0v) is 11.2. The van der Waals surface area contributed by atoms with Crippen molar-refractivity contribution in [3.63, 3.8) is 0 Å². The minimum absolute atomic E-state index is 0.174. The molecule has 5 heteroatoms. The van der Waals surface area contributed by atoms with Gasteiger partial charge in [0.05, 0.1) is 5.56 Å². The van der Waals surface area contributed by atoms with Gasteiger partial charge in [0.2, 0.25) is 0 Å². The molecule has 0 saturated heterocycles. The lowest BCUT2D eigenvalue weighted by Crippen LogP contribution is -2.37. The second-order valence-corrected chi connectivity index (χ2v) is 5.31. The summed E-state index contributed by atoms with van der Waals surface area (Å²) >= 11 is 0. The third-order valence-electron chi connectivity index (χ3n) is 4.09. The number of nitrogen functional groups attached to an aromatic ring is 1. The van der Waals surface area contributed by atoms with Gasteiger partial charge in [0.15, 0.2) is 0 Å². The first kappa shape index (κ1) is 13.1. The molecule has 18 heavy (non-hydrogen) atoms. The molecule has 0 aliphatic heterocycles.